The van der Waals surface area contributed by atoms with Crippen molar-refractivity contribution in [3.05, 3.63) is 96.6 Å². The molecule has 52 heavy (non-hydrogen) atoms. The topological polar surface area (TPSA) is 126 Å². The van der Waals surface area contributed by atoms with Gasteiger partial charge in [0.25, 0.3) is 0 Å². The third-order valence-corrected chi connectivity index (χ3v) is 10.2. The second-order valence-corrected chi connectivity index (χ2v) is 13.3. The number of rotatable bonds is 12. The second kappa shape index (κ2) is 15.4. The van der Waals surface area contributed by atoms with Crippen molar-refractivity contribution in [3.63, 3.8) is 0 Å². The van der Waals surface area contributed by atoms with Gasteiger partial charge in [0.05, 0.1) is 24.1 Å². The quantitative estimate of drug-likeness (QED) is 0.147. The molecule has 1 saturated heterocycles. The van der Waals surface area contributed by atoms with Gasteiger partial charge in [-0.05, 0) is 79.4 Å². The summed E-state index contributed by atoms with van der Waals surface area (Å²) in [6, 6.07) is 20.3. The van der Waals surface area contributed by atoms with Crippen LogP contribution in [-0.2, 0) is 14.3 Å². The Morgan fingerprint density at radius 3 is 2.52 bits per heavy atom. The molecule has 0 radical (unpaired) electrons. The van der Waals surface area contributed by atoms with E-state index < -0.39 is 11.2 Å². The van der Waals surface area contributed by atoms with Gasteiger partial charge >= 0.3 is 0 Å². The molecule has 11 nitrogen and oxygen atoms in total. The molecule has 12 heteroatoms. The largest absolute Gasteiger partial charge is 0.488 e. The molecule has 268 valence electrons. The SMILES string of the molecule is CC[C@@]1(C(=O)Nc2ccc3[nH]nc(-c4ccc(F)c(OCCOC)c4)c3c2)CCN(CC(=O)N2CC=C(c3ccc(-c4ncccn4)cc3)CC2)C1. The number of nitrogens with zero attached hydrogens (tertiary/aromatic N) is 5. The lowest BCUT2D eigenvalue weighted by Crippen LogP contribution is -2.43. The number of carbonyl (C=O) groups excluding carboxylic acids is 2. The van der Waals surface area contributed by atoms with E-state index in [1.54, 1.807) is 37.7 Å². The average Bonchev–Trinajstić information content (AvgIpc) is 3.81. The molecule has 0 spiro atoms. The van der Waals surface area contributed by atoms with Crippen molar-refractivity contribution >= 4 is 34.0 Å². The van der Waals surface area contributed by atoms with Gasteiger partial charge < -0.3 is 19.7 Å². The normalized spacial score (nSPS) is 17.7. The average molecular weight is 704 g/mol. The molecule has 4 heterocycles. The van der Waals surface area contributed by atoms with Crippen molar-refractivity contribution in [2.75, 3.05) is 58.4 Å². The molecule has 2 aliphatic rings. The van der Waals surface area contributed by atoms with E-state index >= 15 is 0 Å². The van der Waals surface area contributed by atoms with Crippen LogP contribution >= 0.6 is 0 Å². The smallest absolute Gasteiger partial charge is 0.237 e. The number of benzene rings is 3. The van der Waals surface area contributed by atoms with Crippen LogP contribution in [0.3, 0.4) is 0 Å². The minimum atomic E-state index is -0.619. The number of likely N-dealkylation sites (tertiary alicyclic amines) is 1. The van der Waals surface area contributed by atoms with Gasteiger partial charge in [-0.3, -0.25) is 19.6 Å². The fraction of sp³-hybridized carbons (Fsp3) is 0.325. The number of H-pyrrole nitrogens is 1. The van der Waals surface area contributed by atoms with Crippen molar-refractivity contribution in [1.29, 1.82) is 0 Å². The summed E-state index contributed by atoms with van der Waals surface area (Å²) in [6.45, 7) is 5.26. The fourth-order valence-corrected chi connectivity index (χ4v) is 7.03. The molecule has 0 bridgehead atoms. The molecular weight excluding hydrogens is 661 g/mol. The van der Waals surface area contributed by atoms with E-state index in [0.29, 0.717) is 68.4 Å². The van der Waals surface area contributed by atoms with Gasteiger partial charge in [0.2, 0.25) is 11.8 Å². The zero-order chi connectivity index (χ0) is 36.1. The van der Waals surface area contributed by atoms with E-state index in [-0.39, 0.29) is 30.7 Å². The summed E-state index contributed by atoms with van der Waals surface area (Å²) in [6.07, 6.45) is 7.70. The Hall–Kier alpha value is -5.46. The van der Waals surface area contributed by atoms with E-state index in [1.165, 1.54) is 11.6 Å². The highest BCUT2D eigenvalue weighted by Crippen LogP contribution is 2.37. The van der Waals surface area contributed by atoms with E-state index in [9.17, 15) is 14.0 Å². The van der Waals surface area contributed by atoms with Crippen LogP contribution in [0.4, 0.5) is 10.1 Å². The zero-order valence-corrected chi connectivity index (χ0v) is 29.4. The van der Waals surface area contributed by atoms with Gasteiger partial charge in [-0.1, -0.05) is 37.3 Å². The van der Waals surface area contributed by atoms with E-state index in [0.717, 1.165) is 28.5 Å². The first-order valence-corrected chi connectivity index (χ1v) is 17.6. The number of carbonyl (C=O) groups is 2. The van der Waals surface area contributed by atoms with Crippen LogP contribution in [0.1, 0.15) is 31.7 Å². The lowest BCUT2D eigenvalue weighted by atomic mass is 9.83. The number of hydrogen-bond acceptors (Lipinski definition) is 8. The second-order valence-electron chi connectivity index (χ2n) is 13.3. The standard InChI is InChI=1S/C40H42FN7O4/c1-3-40(39(50)44-31-10-12-34-32(24-31)37(46-45-34)30-9-11-33(41)35(23-30)52-22-21-51-2)15-20-47(26-40)25-36(49)48-18-13-28(14-19-48)27-5-7-29(8-6-27)38-42-16-4-17-43-38/h4-13,16-17,23-24H,3,14-15,18-22,25-26H2,1-2H3,(H,44,50)(H,45,46)/t40-/m1/s1. The van der Waals surface area contributed by atoms with Gasteiger partial charge in [0, 0.05) is 61.3 Å². The monoisotopic (exact) mass is 703 g/mol. The lowest BCUT2D eigenvalue weighted by molar-refractivity contribution is -0.132. The number of anilines is 1. The highest BCUT2D eigenvalue weighted by Gasteiger charge is 2.43. The van der Waals surface area contributed by atoms with Gasteiger partial charge in [-0.15, -0.1) is 0 Å². The third kappa shape index (κ3) is 7.44. The number of fused-ring (bicyclic) bond motifs is 1. The maximum Gasteiger partial charge on any atom is 0.237 e. The van der Waals surface area contributed by atoms with Gasteiger partial charge in [0.15, 0.2) is 17.4 Å². The Balaban J connectivity index is 0.964. The van der Waals surface area contributed by atoms with Crippen LogP contribution in [0, 0.1) is 11.2 Å². The molecule has 0 unspecified atom stereocenters. The minimum absolute atomic E-state index is 0.0691. The highest BCUT2D eigenvalue weighted by molar-refractivity contribution is 6.00. The Kier molecular flexibility index (Phi) is 10.4. The Morgan fingerprint density at radius 1 is 0.981 bits per heavy atom. The van der Waals surface area contributed by atoms with Crippen LogP contribution in [-0.4, -0.2) is 94.8 Å². The molecule has 0 aliphatic carbocycles. The molecule has 0 saturated carbocycles. The zero-order valence-electron chi connectivity index (χ0n) is 29.4. The number of aromatic nitrogens is 4. The highest BCUT2D eigenvalue weighted by atomic mass is 19.1. The van der Waals surface area contributed by atoms with Crippen molar-refractivity contribution in [2.45, 2.75) is 26.2 Å². The van der Waals surface area contributed by atoms with Gasteiger partial charge in [0.1, 0.15) is 12.3 Å². The van der Waals surface area contributed by atoms with Crippen molar-refractivity contribution < 1.29 is 23.5 Å². The molecule has 2 amide bonds. The first kappa shape index (κ1) is 35.0. The molecule has 5 aromatic rings. The van der Waals surface area contributed by atoms with E-state index in [4.69, 9.17) is 9.47 Å². The van der Waals surface area contributed by atoms with Crippen LogP contribution < -0.4 is 10.1 Å². The predicted octanol–water partition coefficient (Wildman–Crippen LogP) is 6.21. The van der Waals surface area contributed by atoms with Crippen LogP contribution in [0.2, 0.25) is 0 Å². The number of ether oxygens (including phenoxy) is 2. The number of aromatic amines is 1. The molecule has 1 atom stereocenters. The van der Waals surface area contributed by atoms with Crippen LogP contribution in [0.5, 0.6) is 5.75 Å². The van der Waals surface area contributed by atoms with Crippen molar-refractivity contribution in [1.82, 2.24) is 30.0 Å². The number of amides is 2. The van der Waals surface area contributed by atoms with Crippen molar-refractivity contribution in [2.24, 2.45) is 5.41 Å². The van der Waals surface area contributed by atoms with E-state index in [2.05, 4.69) is 48.6 Å². The van der Waals surface area contributed by atoms with Gasteiger partial charge in [-0.2, -0.15) is 5.10 Å². The van der Waals surface area contributed by atoms with Crippen LogP contribution in [0.25, 0.3) is 39.1 Å². The predicted molar refractivity (Wildman–Crippen MR) is 198 cm³/mol. The molecule has 2 N–H and O–H groups in total. The van der Waals surface area contributed by atoms with E-state index in [1.807, 2.05) is 42.2 Å². The van der Waals surface area contributed by atoms with Crippen LogP contribution in [0.15, 0.2) is 85.2 Å². The maximum absolute atomic E-state index is 14.4. The summed E-state index contributed by atoms with van der Waals surface area (Å²) in [5.41, 5.74) is 5.43. The van der Waals surface area contributed by atoms with Crippen molar-refractivity contribution in [3.8, 4) is 28.4 Å². The summed E-state index contributed by atoms with van der Waals surface area (Å²) < 4.78 is 25.0. The summed E-state index contributed by atoms with van der Waals surface area (Å²) in [4.78, 5) is 39.9. The first-order valence-electron chi connectivity index (χ1n) is 17.6. The summed E-state index contributed by atoms with van der Waals surface area (Å²) in [7, 11) is 1.56. The molecule has 7 rings (SSSR count). The van der Waals surface area contributed by atoms with Gasteiger partial charge in [-0.25, -0.2) is 14.4 Å². The number of hydrogen-bond donors (Lipinski definition) is 2. The minimum Gasteiger partial charge on any atom is -0.488 e. The number of nitrogens with one attached hydrogen (secondary N) is 2. The first-order chi connectivity index (χ1) is 25.4. The summed E-state index contributed by atoms with van der Waals surface area (Å²) in [5, 5.41) is 11.4. The summed E-state index contributed by atoms with van der Waals surface area (Å²) in [5.74, 6) is 0.351. The molecular formula is C40H42FN7O4. The fourth-order valence-electron chi connectivity index (χ4n) is 7.03. The molecule has 2 aromatic heterocycles. The molecule has 3 aromatic carbocycles. The third-order valence-electron chi connectivity index (χ3n) is 10.2. The Morgan fingerprint density at radius 2 is 1.77 bits per heavy atom. The maximum atomic E-state index is 14.4. The Labute approximate surface area is 301 Å². The Bertz CT molecular complexity index is 2090. The lowest BCUT2D eigenvalue weighted by Gasteiger charge is -2.30. The molecule has 1 fully saturated rings. The number of halogens is 1. The molecule has 2 aliphatic heterocycles. The summed E-state index contributed by atoms with van der Waals surface area (Å²) >= 11 is 0. The number of methoxy groups -OCH3 is 1.